The van der Waals surface area contributed by atoms with Crippen LogP contribution in [0.5, 0.6) is 0 Å². The maximum absolute atomic E-state index is 12.9. The molecule has 1 aromatic carbocycles. The third-order valence-corrected chi connectivity index (χ3v) is 4.24. The predicted octanol–water partition coefficient (Wildman–Crippen LogP) is 2.59. The number of nitro benzene ring substituents is 1. The zero-order chi connectivity index (χ0) is 17.4. The number of nitrogen functional groups attached to an aromatic ring is 1. The molecule has 2 aromatic rings. The van der Waals surface area contributed by atoms with Gasteiger partial charge in [-0.05, 0) is 32.8 Å². The van der Waals surface area contributed by atoms with Gasteiger partial charge in [0.2, 0.25) is 0 Å². The number of carbonyl (C=O) groups excluding carboxylic acids is 1. The Kier molecular flexibility index (Phi) is 3.96. The first-order valence-corrected chi connectivity index (χ1v) is 7.65. The van der Waals surface area contributed by atoms with Crippen molar-refractivity contribution in [2.24, 2.45) is 0 Å². The Morgan fingerprint density at radius 1 is 1.46 bits per heavy atom. The predicted molar refractivity (Wildman–Crippen MR) is 86.4 cm³/mol. The molecule has 1 heterocycles. The van der Waals surface area contributed by atoms with Gasteiger partial charge >= 0.3 is 0 Å². The molecule has 1 saturated carbocycles. The summed E-state index contributed by atoms with van der Waals surface area (Å²) in [5.41, 5.74) is 7.71. The average Bonchev–Trinajstić information content (AvgIpc) is 3.33. The standard InChI is InChI=1S/C16H18N4O4/c1-9-14(10(2)24-18-9)8-19(11-3-4-11)16(21)13-7-12(20(22)23)5-6-15(13)17/h5-7,11H,3-4,8,17H2,1-2H3. The third-order valence-electron chi connectivity index (χ3n) is 4.24. The Balaban J connectivity index is 1.93. The fourth-order valence-electron chi connectivity index (χ4n) is 2.65. The number of hydrogen-bond donors (Lipinski definition) is 1. The first kappa shape index (κ1) is 16.0. The van der Waals surface area contributed by atoms with Gasteiger partial charge in [-0.15, -0.1) is 0 Å². The largest absolute Gasteiger partial charge is 0.398 e. The molecule has 1 aromatic heterocycles. The van der Waals surface area contributed by atoms with E-state index in [1.165, 1.54) is 18.2 Å². The molecule has 8 nitrogen and oxygen atoms in total. The van der Waals surface area contributed by atoms with Crippen molar-refractivity contribution in [2.45, 2.75) is 39.3 Å². The summed E-state index contributed by atoms with van der Waals surface area (Å²) < 4.78 is 5.15. The number of aromatic nitrogens is 1. The van der Waals surface area contributed by atoms with Crippen molar-refractivity contribution in [3.63, 3.8) is 0 Å². The van der Waals surface area contributed by atoms with Crippen LogP contribution in [0.15, 0.2) is 22.7 Å². The van der Waals surface area contributed by atoms with Crippen molar-refractivity contribution in [2.75, 3.05) is 5.73 Å². The van der Waals surface area contributed by atoms with E-state index in [0.29, 0.717) is 12.3 Å². The van der Waals surface area contributed by atoms with Gasteiger partial charge in [0.15, 0.2) is 0 Å². The second-order valence-corrected chi connectivity index (χ2v) is 6.00. The third kappa shape index (κ3) is 2.94. The van der Waals surface area contributed by atoms with E-state index < -0.39 is 4.92 Å². The number of nitro groups is 1. The van der Waals surface area contributed by atoms with Gasteiger partial charge in [-0.1, -0.05) is 5.16 Å². The van der Waals surface area contributed by atoms with Crippen molar-refractivity contribution in [1.82, 2.24) is 10.1 Å². The summed E-state index contributed by atoms with van der Waals surface area (Å²) in [6, 6.07) is 4.04. The van der Waals surface area contributed by atoms with Crippen LogP contribution in [0.2, 0.25) is 0 Å². The number of benzene rings is 1. The van der Waals surface area contributed by atoms with Crippen LogP contribution in [0.3, 0.4) is 0 Å². The Labute approximate surface area is 138 Å². The van der Waals surface area contributed by atoms with Crippen LogP contribution in [0.25, 0.3) is 0 Å². The van der Waals surface area contributed by atoms with E-state index in [2.05, 4.69) is 5.16 Å². The van der Waals surface area contributed by atoms with Crippen LogP contribution in [0, 0.1) is 24.0 Å². The topological polar surface area (TPSA) is 116 Å². The Hall–Kier alpha value is -2.90. The monoisotopic (exact) mass is 330 g/mol. The van der Waals surface area contributed by atoms with E-state index in [1.807, 2.05) is 6.92 Å². The second kappa shape index (κ2) is 5.95. The lowest BCUT2D eigenvalue weighted by Gasteiger charge is -2.23. The summed E-state index contributed by atoms with van der Waals surface area (Å²) in [7, 11) is 0. The molecule has 0 spiro atoms. The van der Waals surface area contributed by atoms with Gasteiger partial charge in [-0.25, -0.2) is 0 Å². The van der Waals surface area contributed by atoms with Gasteiger partial charge in [0, 0.05) is 29.4 Å². The van der Waals surface area contributed by atoms with Gasteiger partial charge < -0.3 is 15.2 Å². The summed E-state index contributed by atoms with van der Waals surface area (Å²) in [4.78, 5) is 25.1. The lowest BCUT2D eigenvalue weighted by Crippen LogP contribution is -2.33. The van der Waals surface area contributed by atoms with Crippen LogP contribution in [-0.2, 0) is 6.54 Å². The average molecular weight is 330 g/mol. The highest BCUT2D eigenvalue weighted by Crippen LogP contribution is 2.32. The normalized spacial score (nSPS) is 13.8. The van der Waals surface area contributed by atoms with Gasteiger partial charge in [0.1, 0.15) is 5.76 Å². The first-order chi connectivity index (χ1) is 11.4. The molecule has 0 atom stereocenters. The summed E-state index contributed by atoms with van der Waals surface area (Å²) in [5, 5.41) is 14.9. The summed E-state index contributed by atoms with van der Waals surface area (Å²) in [5.74, 6) is 0.358. The minimum Gasteiger partial charge on any atom is -0.398 e. The Bertz CT molecular complexity index is 791. The molecule has 0 saturated heterocycles. The fraction of sp³-hybridized carbons (Fsp3) is 0.375. The molecule has 0 unspecified atom stereocenters. The number of hydrogen-bond acceptors (Lipinski definition) is 6. The van der Waals surface area contributed by atoms with E-state index in [1.54, 1.807) is 11.8 Å². The van der Waals surface area contributed by atoms with Crippen LogP contribution in [0.1, 0.15) is 40.2 Å². The van der Waals surface area contributed by atoms with Crippen molar-refractivity contribution < 1.29 is 14.2 Å². The number of anilines is 1. The minimum absolute atomic E-state index is 0.116. The quantitative estimate of drug-likeness (QED) is 0.512. The fourth-order valence-corrected chi connectivity index (χ4v) is 2.65. The molecular weight excluding hydrogens is 312 g/mol. The number of amides is 1. The molecule has 1 aliphatic rings. The van der Waals surface area contributed by atoms with Gasteiger partial charge in [-0.2, -0.15) is 0 Å². The summed E-state index contributed by atoms with van der Waals surface area (Å²) in [6.45, 7) is 3.97. The Morgan fingerprint density at radius 2 is 2.17 bits per heavy atom. The number of nitrogens with two attached hydrogens (primary N) is 1. The first-order valence-electron chi connectivity index (χ1n) is 7.65. The van der Waals surface area contributed by atoms with E-state index in [0.717, 1.165) is 24.1 Å². The SMILES string of the molecule is Cc1noc(C)c1CN(C(=O)c1cc([N+](=O)[O-])ccc1N)C1CC1. The van der Waals surface area contributed by atoms with Gasteiger partial charge in [0.05, 0.1) is 22.7 Å². The van der Waals surface area contributed by atoms with Gasteiger partial charge in [-0.3, -0.25) is 14.9 Å². The Morgan fingerprint density at radius 3 is 2.71 bits per heavy atom. The summed E-state index contributed by atoms with van der Waals surface area (Å²) in [6.07, 6.45) is 1.81. The van der Waals surface area contributed by atoms with Crippen molar-refractivity contribution in [3.8, 4) is 0 Å². The number of carbonyl (C=O) groups is 1. The molecule has 3 rings (SSSR count). The molecule has 1 aliphatic carbocycles. The van der Waals surface area contributed by atoms with E-state index >= 15 is 0 Å². The van der Waals surface area contributed by atoms with Crippen molar-refractivity contribution in [3.05, 3.63) is 50.9 Å². The molecule has 0 bridgehead atoms. The van der Waals surface area contributed by atoms with Crippen LogP contribution in [-0.4, -0.2) is 26.9 Å². The lowest BCUT2D eigenvalue weighted by atomic mass is 10.1. The maximum Gasteiger partial charge on any atom is 0.270 e. The van der Waals surface area contributed by atoms with Crippen LogP contribution < -0.4 is 5.73 Å². The zero-order valence-electron chi connectivity index (χ0n) is 13.5. The number of aryl methyl sites for hydroxylation is 2. The molecule has 0 radical (unpaired) electrons. The maximum atomic E-state index is 12.9. The number of non-ortho nitro benzene ring substituents is 1. The van der Waals surface area contributed by atoms with Crippen LogP contribution in [0.4, 0.5) is 11.4 Å². The molecule has 0 aliphatic heterocycles. The zero-order valence-corrected chi connectivity index (χ0v) is 13.5. The van der Waals surface area contributed by atoms with Gasteiger partial charge in [0.25, 0.3) is 11.6 Å². The van der Waals surface area contributed by atoms with E-state index in [9.17, 15) is 14.9 Å². The molecule has 24 heavy (non-hydrogen) atoms. The molecular formula is C16H18N4O4. The second-order valence-electron chi connectivity index (χ2n) is 6.00. The molecule has 1 amide bonds. The number of rotatable bonds is 5. The smallest absolute Gasteiger partial charge is 0.270 e. The minimum atomic E-state index is -0.536. The lowest BCUT2D eigenvalue weighted by molar-refractivity contribution is -0.384. The van der Waals surface area contributed by atoms with Crippen LogP contribution >= 0.6 is 0 Å². The van der Waals surface area contributed by atoms with Crippen molar-refractivity contribution >= 4 is 17.3 Å². The highest BCUT2D eigenvalue weighted by Gasteiger charge is 2.35. The molecule has 1 fully saturated rings. The highest BCUT2D eigenvalue weighted by molar-refractivity contribution is 6.00. The van der Waals surface area contributed by atoms with E-state index in [-0.39, 0.29) is 28.9 Å². The number of nitrogens with zero attached hydrogens (tertiary/aromatic N) is 3. The highest BCUT2D eigenvalue weighted by atomic mass is 16.6. The summed E-state index contributed by atoms with van der Waals surface area (Å²) >= 11 is 0. The van der Waals surface area contributed by atoms with Crippen molar-refractivity contribution in [1.29, 1.82) is 0 Å². The molecule has 8 heteroatoms. The molecule has 126 valence electrons. The van der Waals surface area contributed by atoms with E-state index in [4.69, 9.17) is 10.3 Å². The molecule has 2 N–H and O–H groups in total.